The van der Waals surface area contributed by atoms with Crippen molar-refractivity contribution in [2.75, 3.05) is 62.6 Å². The van der Waals surface area contributed by atoms with Gasteiger partial charge in [-0.15, -0.1) is 49.6 Å². The number of hydrogen-bond donors (Lipinski definition) is 5. The Morgan fingerprint density at radius 2 is 1.37 bits per heavy atom. The summed E-state index contributed by atoms with van der Waals surface area (Å²) < 4.78 is 0. The second kappa shape index (κ2) is 24.1. The molecule has 0 aliphatic carbocycles. The number of hydrogen-bond acceptors (Lipinski definition) is 6. The number of halogens is 4. The standard InChI is InChI=1S/C29H46N6O2.4ClH/c1-2-3-21-35-26-14-13-25(23-11-10-12-24(28(23)26)29(35)37)34-27(36)22-33-20-9-8-19-32-18-7-6-17-31-16-5-4-15-30;;;;/h10-14,31-33H,2-9,15-22,30H2,1H3,(H,34,36);4*1H. The van der Waals surface area contributed by atoms with E-state index in [9.17, 15) is 9.59 Å². The highest BCUT2D eigenvalue weighted by molar-refractivity contribution is 6.27. The Balaban J connectivity index is 0. The number of amides is 2. The molecule has 12 heteroatoms. The third kappa shape index (κ3) is 13.2. The molecule has 0 radical (unpaired) electrons. The summed E-state index contributed by atoms with van der Waals surface area (Å²) in [5, 5.41) is 15.1. The number of unbranched alkanes of at least 4 members (excludes halogenated alkanes) is 4. The van der Waals surface area contributed by atoms with Crippen LogP contribution in [0.1, 0.15) is 68.6 Å². The van der Waals surface area contributed by atoms with E-state index in [0.717, 1.165) is 112 Å². The van der Waals surface area contributed by atoms with Gasteiger partial charge >= 0.3 is 0 Å². The van der Waals surface area contributed by atoms with Crippen LogP contribution in [0.4, 0.5) is 11.4 Å². The molecule has 2 aromatic carbocycles. The summed E-state index contributed by atoms with van der Waals surface area (Å²) in [5.41, 5.74) is 7.92. The maximum atomic E-state index is 12.9. The third-order valence-electron chi connectivity index (χ3n) is 6.80. The molecule has 0 saturated heterocycles. The first-order valence-corrected chi connectivity index (χ1v) is 14.2. The topological polar surface area (TPSA) is 112 Å². The Hall–Kier alpha value is -1.36. The van der Waals surface area contributed by atoms with Crippen LogP contribution in [-0.4, -0.2) is 64.2 Å². The highest BCUT2D eigenvalue weighted by Gasteiger charge is 2.30. The molecule has 8 nitrogen and oxygen atoms in total. The molecule has 2 aromatic rings. The molecule has 0 fully saturated rings. The van der Waals surface area contributed by atoms with Crippen LogP contribution in [0.15, 0.2) is 30.3 Å². The van der Waals surface area contributed by atoms with E-state index in [4.69, 9.17) is 5.73 Å². The average molecular weight is 657 g/mol. The highest BCUT2D eigenvalue weighted by atomic mass is 35.5. The Morgan fingerprint density at radius 3 is 1.95 bits per heavy atom. The predicted octanol–water partition coefficient (Wildman–Crippen LogP) is 5.29. The smallest absolute Gasteiger partial charge is 0.258 e. The van der Waals surface area contributed by atoms with Crippen LogP contribution in [0.25, 0.3) is 10.8 Å². The molecule has 1 aliphatic heterocycles. The summed E-state index contributed by atoms with van der Waals surface area (Å²) in [6.45, 7) is 8.92. The number of carbonyl (C=O) groups excluding carboxylic acids is 2. The number of benzene rings is 2. The van der Waals surface area contributed by atoms with Crippen LogP contribution in [-0.2, 0) is 4.79 Å². The number of nitrogens with one attached hydrogen (secondary N) is 4. The van der Waals surface area contributed by atoms with Gasteiger partial charge in [0.25, 0.3) is 5.91 Å². The van der Waals surface area contributed by atoms with Crippen molar-refractivity contribution in [1.82, 2.24) is 16.0 Å². The lowest BCUT2D eigenvalue weighted by Crippen LogP contribution is -2.29. The second-order valence-electron chi connectivity index (χ2n) is 9.81. The van der Waals surface area contributed by atoms with E-state index in [1.54, 1.807) is 0 Å². The van der Waals surface area contributed by atoms with Crippen LogP contribution >= 0.6 is 49.6 Å². The monoisotopic (exact) mass is 654 g/mol. The van der Waals surface area contributed by atoms with Gasteiger partial charge in [-0.2, -0.15) is 0 Å². The van der Waals surface area contributed by atoms with Crippen LogP contribution in [0.2, 0.25) is 0 Å². The van der Waals surface area contributed by atoms with Crippen molar-refractivity contribution in [3.63, 3.8) is 0 Å². The van der Waals surface area contributed by atoms with E-state index in [0.29, 0.717) is 0 Å². The van der Waals surface area contributed by atoms with Crippen molar-refractivity contribution in [3.8, 4) is 0 Å². The van der Waals surface area contributed by atoms with E-state index >= 15 is 0 Å². The molecule has 2 amide bonds. The molecular formula is C29H50Cl4N6O2. The van der Waals surface area contributed by atoms with Crippen molar-refractivity contribution in [2.45, 2.75) is 58.3 Å². The Kier molecular flexibility index (Phi) is 24.6. The maximum Gasteiger partial charge on any atom is 0.258 e. The Morgan fingerprint density at radius 1 is 0.780 bits per heavy atom. The summed E-state index contributed by atoms with van der Waals surface area (Å²) in [6, 6.07) is 9.63. The Labute approximate surface area is 270 Å². The first-order chi connectivity index (χ1) is 18.2. The van der Waals surface area contributed by atoms with Gasteiger partial charge in [0.15, 0.2) is 0 Å². The van der Waals surface area contributed by atoms with E-state index in [-0.39, 0.29) is 68.0 Å². The minimum Gasteiger partial charge on any atom is -0.330 e. The summed E-state index contributed by atoms with van der Waals surface area (Å²) >= 11 is 0. The van der Waals surface area contributed by atoms with Gasteiger partial charge in [-0.25, -0.2) is 0 Å². The first-order valence-electron chi connectivity index (χ1n) is 14.2. The molecule has 1 heterocycles. The van der Waals surface area contributed by atoms with Crippen molar-refractivity contribution >= 4 is 83.6 Å². The molecule has 6 N–H and O–H groups in total. The number of carbonyl (C=O) groups is 2. The van der Waals surface area contributed by atoms with Gasteiger partial charge in [-0.05, 0) is 102 Å². The first kappa shape index (κ1) is 41.8. The second-order valence-corrected chi connectivity index (χ2v) is 9.81. The molecule has 0 saturated carbocycles. The lowest BCUT2D eigenvalue weighted by molar-refractivity contribution is -0.115. The fourth-order valence-electron chi connectivity index (χ4n) is 4.73. The minimum atomic E-state index is -0.0670. The number of anilines is 2. The van der Waals surface area contributed by atoms with Crippen molar-refractivity contribution in [2.24, 2.45) is 5.73 Å². The lowest BCUT2D eigenvalue weighted by Gasteiger charge is -2.17. The van der Waals surface area contributed by atoms with Crippen LogP contribution in [0, 0.1) is 0 Å². The molecule has 0 spiro atoms. The lowest BCUT2D eigenvalue weighted by atomic mass is 10.0. The SMILES string of the molecule is CCCCN1C(=O)c2cccc3c(NC(=O)CNCCCCNCCCCNCCCCN)ccc1c23.Cl.Cl.Cl.Cl. The van der Waals surface area contributed by atoms with Gasteiger partial charge in [0.05, 0.1) is 12.2 Å². The van der Waals surface area contributed by atoms with E-state index in [1.807, 2.05) is 35.2 Å². The zero-order valence-electron chi connectivity index (χ0n) is 24.2. The van der Waals surface area contributed by atoms with Crippen LogP contribution < -0.4 is 31.9 Å². The van der Waals surface area contributed by atoms with E-state index < -0.39 is 0 Å². The largest absolute Gasteiger partial charge is 0.330 e. The zero-order chi connectivity index (χ0) is 26.3. The molecular weight excluding hydrogens is 606 g/mol. The summed E-state index contributed by atoms with van der Waals surface area (Å²) in [4.78, 5) is 27.3. The number of rotatable bonds is 20. The van der Waals surface area contributed by atoms with Gasteiger partial charge in [0.1, 0.15) is 0 Å². The van der Waals surface area contributed by atoms with E-state index in [2.05, 4.69) is 28.2 Å². The normalized spacial score (nSPS) is 11.4. The van der Waals surface area contributed by atoms with Gasteiger partial charge in [0.2, 0.25) is 5.91 Å². The Bertz CT molecular complexity index is 1010. The van der Waals surface area contributed by atoms with Gasteiger partial charge in [-0.1, -0.05) is 25.5 Å². The quantitative estimate of drug-likeness (QED) is 0.124. The molecule has 3 rings (SSSR count). The molecule has 0 aromatic heterocycles. The van der Waals surface area contributed by atoms with Crippen molar-refractivity contribution in [3.05, 3.63) is 35.9 Å². The summed E-state index contributed by atoms with van der Waals surface area (Å²) in [5.74, 6) is -0.0117. The fraction of sp³-hybridized carbons (Fsp3) is 0.586. The van der Waals surface area contributed by atoms with Crippen molar-refractivity contribution in [1.29, 1.82) is 0 Å². The van der Waals surface area contributed by atoms with E-state index in [1.165, 1.54) is 12.8 Å². The minimum absolute atomic E-state index is 0. The van der Waals surface area contributed by atoms with Crippen molar-refractivity contribution < 1.29 is 9.59 Å². The molecule has 1 aliphatic rings. The molecule has 0 atom stereocenters. The molecule has 41 heavy (non-hydrogen) atoms. The summed E-state index contributed by atoms with van der Waals surface area (Å²) in [7, 11) is 0. The average Bonchev–Trinajstić information content (AvgIpc) is 3.18. The third-order valence-corrected chi connectivity index (χ3v) is 6.80. The van der Waals surface area contributed by atoms with Crippen LogP contribution in [0.5, 0.6) is 0 Å². The fourth-order valence-corrected chi connectivity index (χ4v) is 4.73. The van der Waals surface area contributed by atoms with Gasteiger partial charge in [-0.3, -0.25) is 9.59 Å². The molecule has 0 bridgehead atoms. The number of nitrogens with zero attached hydrogens (tertiary/aromatic N) is 1. The van der Waals surface area contributed by atoms with Crippen LogP contribution in [0.3, 0.4) is 0 Å². The van der Waals surface area contributed by atoms with Gasteiger partial charge < -0.3 is 31.9 Å². The number of nitrogens with two attached hydrogens (primary N) is 1. The zero-order valence-corrected chi connectivity index (χ0v) is 27.4. The molecule has 0 unspecified atom stereocenters. The molecule has 236 valence electrons. The predicted molar refractivity (Wildman–Crippen MR) is 184 cm³/mol. The maximum absolute atomic E-state index is 12.9. The van der Waals surface area contributed by atoms with Gasteiger partial charge in [0, 0.05) is 28.6 Å². The highest BCUT2D eigenvalue weighted by Crippen LogP contribution is 2.40. The summed E-state index contributed by atoms with van der Waals surface area (Å²) in [6.07, 6.45) is 8.76.